The molecule has 1 aromatic rings. The lowest BCUT2D eigenvalue weighted by atomic mass is 10.2. The van der Waals surface area contributed by atoms with E-state index in [1.165, 1.54) is 0 Å². The van der Waals surface area contributed by atoms with Crippen molar-refractivity contribution in [3.63, 3.8) is 0 Å². The van der Waals surface area contributed by atoms with Crippen LogP contribution < -0.4 is 9.64 Å². The summed E-state index contributed by atoms with van der Waals surface area (Å²) in [7, 11) is 3.59. The van der Waals surface area contributed by atoms with E-state index in [4.69, 9.17) is 9.84 Å². The second-order valence-electron chi connectivity index (χ2n) is 4.51. The molecule has 0 aliphatic heterocycles. The monoisotopic (exact) mass is 235 g/mol. The Balaban J connectivity index is 2.13. The second-order valence-corrected chi connectivity index (χ2v) is 4.51. The standard InChI is InChI=1S/C13H17NO3/c1-8-6-9(4-5-12(8)17-3)14(2)11-7-10(11)13(15)16/h4-6,10-11H,7H2,1-3H3,(H,15,16). The average molecular weight is 235 g/mol. The quantitative estimate of drug-likeness (QED) is 0.866. The molecule has 1 aliphatic carbocycles. The molecule has 0 bridgehead atoms. The normalized spacial score (nSPS) is 22.1. The summed E-state index contributed by atoms with van der Waals surface area (Å²) in [5.74, 6) is -0.0674. The molecule has 2 unspecified atom stereocenters. The number of carboxylic acids is 1. The van der Waals surface area contributed by atoms with Crippen molar-refractivity contribution in [2.75, 3.05) is 19.1 Å². The van der Waals surface area contributed by atoms with E-state index in [1.807, 2.05) is 37.1 Å². The molecule has 4 heteroatoms. The van der Waals surface area contributed by atoms with E-state index in [0.29, 0.717) is 0 Å². The lowest BCUT2D eigenvalue weighted by molar-refractivity contribution is -0.138. The third-order valence-corrected chi connectivity index (χ3v) is 3.36. The molecule has 2 rings (SSSR count). The van der Waals surface area contributed by atoms with Crippen LogP contribution in [-0.2, 0) is 4.79 Å². The van der Waals surface area contributed by atoms with Crippen molar-refractivity contribution in [1.82, 2.24) is 0 Å². The van der Waals surface area contributed by atoms with Gasteiger partial charge in [-0.25, -0.2) is 0 Å². The van der Waals surface area contributed by atoms with Gasteiger partial charge in [0.25, 0.3) is 0 Å². The minimum absolute atomic E-state index is 0.125. The van der Waals surface area contributed by atoms with Crippen molar-refractivity contribution >= 4 is 11.7 Å². The maximum absolute atomic E-state index is 10.8. The molecule has 1 fully saturated rings. The van der Waals surface area contributed by atoms with E-state index in [9.17, 15) is 4.79 Å². The number of anilines is 1. The summed E-state index contributed by atoms with van der Waals surface area (Å²) in [6.45, 7) is 1.98. The third-order valence-electron chi connectivity index (χ3n) is 3.36. The van der Waals surface area contributed by atoms with Gasteiger partial charge in [-0.05, 0) is 37.1 Å². The maximum atomic E-state index is 10.8. The van der Waals surface area contributed by atoms with Gasteiger partial charge in [-0.1, -0.05) is 0 Å². The average Bonchev–Trinajstić information content (AvgIpc) is 3.08. The number of hydrogen-bond donors (Lipinski definition) is 1. The SMILES string of the molecule is COc1ccc(N(C)C2CC2C(=O)O)cc1C. The van der Waals surface area contributed by atoms with Crippen LogP contribution in [0.15, 0.2) is 18.2 Å². The molecule has 0 saturated heterocycles. The molecule has 0 aromatic heterocycles. The van der Waals surface area contributed by atoms with Crippen LogP contribution in [0.25, 0.3) is 0 Å². The highest BCUT2D eigenvalue weighted by molar-refractivity contribution is 5.76. The molecule has 17 heavy (non-hydrogen) atoms. The summed E-state index contributed by atoms with van der Waals surface area (Å²) < 4.78 is 5.20. The molecule has 92 valence electrons. The highest BCUT2D eigenvalue weighted by Crippen LogP contribution is 2.38. The fourth-order valence-corrected chi connectivity index (χ4v) is 2.15. The first kappa shape index (κ1) is 11.8. The first-order valence-electron chi connectivity index (χ1n) is 5.65. The predicted octanol–water partition coefficient (Wildman–Crippen LogP) is 1.91. The van der Waals surface area contributed by atoms with E-state index in [-0.39, 0.29) is 12.0 Å². The van der Waals surface area contributed by atoms with Crippen molar-refractivity contribution in [2.24, 2.45) is 5.92 Å². The smallest absolute Gasteiger partial charge is 0.308 e. The van der Waals surface area contributed by atoms with Gasteiger partial charge >= 0.3 is 5.97 Å². The van der Waals surface area contributed by atoms with Gasteiger partial charge in [0.1, 0.15) is 5.75 Å². The fraction of sp³-hybridized carbons (Fsp3) is 0.462. The van der Waals surface area contributed by atoms with Crippen LogP contribution in [0.2, 0.25) is 0 Å². The number of carboxylic acid groups (broad SMARTS) is 1. The van der Waals surface area contributed by atoms with Gasteiger partial charge in [0.05, 0.1) is 13.0 Å². The van der Waals surface area contributed by atoms with E-state index in [2.05, 4.69) is 0 Å². The number of rotatable bonds is 4. The summed E-state index contributed by atoms with van der Waals surface area (Å²) in [6, 6.07) is 6.03. The Morgan fingerprint density at radius 2 is 2.24 bits per heavy atom. The van der Waals surface area contributed by atoms with Crippen LogP contribution in [0.3, 0.4) is 0 Å². The van der Waals surface area contributed by atoms with Gasteiger partial charge in [0, 0.05) is 18.8 Å². The summed E-state index contributed by atoms with van der Waals surface area (Å²) >= 11 is 0. The van der Waals surface area contributed by atoms with Crippen LogP contribution in [0, 0.1) is 12.8 Å². The van der Waals surface area contributed by atoms with Gasteiger partial charge < -0.3 is 14.7 Å². The Kier molecular flexibility index (Phi) is 2.96. The molecule has 1 aromatic carbocycles. The molecular weight excluding hydrogens is 218 g/mol. The molecule has 0 radical (unpaired) electrons. The molecule has 1 saturated carbocycles. The van der Waals surface area contributed by atoms with Crippen molar-refractivity contribution in [1.29, 1.82) is 0 Å². The Labute approximate surface area is 101 Å². The van der Waals surface area contributed by atoms with Crippen LogP contribution in [-0.4, -0.2) is 31.3 Å². The van der Waals surface area contributed by atoms with Crippen molar-refractivity contribution < 1.29 is 14.6 Å². The lowest BCUT2D eigenvalue weighted by Crippen LogP contribution is -2.23. The highest BCUT2D eigenvalue weighted by Gasteiger charge is 2.46. The zero-order valence-electron chi connectivity index (χ0n) is 10.3. The predicted molar refractivity (Wildman–Crippen MR) is 65.7 cm³/mol. The van der Waals surface area contributed by atoms with Crippen molar-refractivity contribution in [3.8, 4) is 5.75 Å². The Morgan fingerprint density at radius 1 is 1.53 bits per heavy atom. The van der Waals surface area contributed by atoms with Crippen LogP contribution in [0.1, 0.15) is 12.0 Å². The van der Waals surface area contributed by atoms with Crippen LogP contribution in [0.4, 0.5) is 5.69 Å². The third kappa shape index (κ3) is 2.20. The first-order valence-corrected chi connectivity index (χ1v) is 5.65. The molecule has 1 N–H and O–H groups in total. The number of methoxy groups -OCH3 is 1. The zero-order valence-corrected chi connectivity index (χ0v) is 10.3. The number of hydrogen-bond acceptors (Lipinski definition) is 3. The number of ether oxygens (including phenoxy) is 1. The first-order chi connectivity index (χ1) is 8.04. The van der Waals surface area contributed by atoms with Gasteiger partial charge in [0.2, 0.25) is 0 Å². The van der Waals surface area contributed by atoms with E-state index in [0.717, 1.165) is 23.4 Å². The van der Waals surface area contributed by atoms with E-state index >= 15 is 0 Å². The Bertz CT molecular complexity index is 444. The largest absolute Gasteiger partial charge is 0.496 e. The fourth-order valence-electron chi connectivity index (χ4n) is 2.15. The number of carbonyl (C=O) groups is 1. The number of aryl methyl sites for hydroxylation is 1. The topological polar surface area (TPSA) is 49.8 Å². The van der Waals surface area contributed by atoms with Crippen molar-refractivity contribution in [3.05, 3.63) is 23.8 Å². The van der Waals surface area contributed by atoms with Crippen LogP contribution >= 0.6 is 0 Å². The summed E-state index contributed by atoms with van der Waals surface area (Å²) in [5.41, 5.74) is 2.10. The van der Waals surface area contributed by atoms with Crippen LogP contribution in [0.5, 0.6) is 5.75 Å². The summed E-state index contributed by atoms with van der Waals surface area (Å²) in [4.78, 5) is 12.9. The summed E-state index contributed by atoms with van der Waals surface area (Å²) in [6.07, 6.45) is 0.733. The molecule has 0 heterocycles. The minimum atomic E-state index is -0.702. The number of benzene rings is 1. The molecule has 1 aliphatic rings. The molecular formula is C13H17NO3. The molecule has 2 atom stereocenters. The Hall–Kier alpha value is -1.71. The number of nitrogens with zero attached hydrogens (tertiary/aromatic N) is 1. The molecule has 0 amide bonds. The molecule has 0 spiro atoms. The van der Waals surface area contributed by atoms with Crippen molar-refractivity contribution in [2.45, 2.75) is 19.4 Å². The Morgan fingerprint density at radius 3 is 2.71 bits per heavy atom. The minimum Gasteiger partial charge on any atom is -0.496 e. The van der Waals surface area contributed by atoms with Gasteiger partial charge in [-0.2, -0.15) is 0 Å². The van der Waals surface area contributed by atoms with Gasteiger partial charge in [0.15, 0.2) is 0 Å². The molecule has 4 nitrogen and oxygen atoms in total. The van der Waals surface area contributed by atoms with E-state index in [1.54, 1.807) is 7.11 Å². The highest BCUT2D eigenvalue weighted by atomic mass is 16.5. The lowest BCUT2D eigenvalue weighted by Gasteiger charge is -2.20. The van der Waals surface area contributed by atoms with E-state index < -0.39 is 5.97 Å². The maximum Gasteiger partial charge on any atom is 0.308 e. The summed E-state index contributed by atoms with van der Waals surface area (Å²) in [5, 5.41) is 8.91. The second kappa shape index (κ2) is 4.28. The number of aliphatic carboxylic acids is 1. The van der Waals surface area contributed by atoms with Gasteiger partial charge in [-0.3, -0.25) is 4.79 Å². The zero-order chi connectivity index (χ0) is 12.6. The van der Waals surface area contributed by atoms with Gasteiger partial charge in [-0.15, -0.1) is 0 Å².